The molecule has 1 heterocycles. The van der Waals surface area contributed by atoms with E-state index >= 15 is 0 Å². The highest BCUT2D eigenvalue weighted by molar-refractivity contribution is 6.03. The summed E-state index contributed by atoms with van der Waals surface area (Å²) in [5.74, 6) is 0.714. The Bertz CT molecular complexity index is 948. The minimum Gasteiger partial charge on any atom is -0.494 e. The van der Waals surface area contributed by atoms with Crippen LogP contribution in [0.4, 0.5) is 0 Å². The molecule has 0 radical (unpaired) electrons. The first-order valence-electron chi connectivity index (χ1n) is 9.91. The van der Waals surface area contributed by atoms with Gasteiger partial charge in [0.2, 0.25) is 5.91 Å². The van der Waals surface area contributed by atoms with Crippen molar-refractivity contribution in [2.75, 3.05) is 6.61 Å². The number of ether oxygens (including phenoxy) is 1. The van der Waals surface area contributed by atoms with Crippen LogP contribution in [0.5, 0.6) is 5.75 Å². The van der Waals surface area contributed by atoms with Gasteiger partial charge in [0, 0.05) is 12.8 Å². The summed E-state index contributed by atoms with van der Waals surface area (Å²) in [4.78, 5) is 12.8. The van der Waals surface area contributed by atoms with Crippen LogP contribution in [0.3, 0.4) is 0 Å². The number of benzene rings is 2. The van der Waals surface area contributed by atoms with Crippen molar-refractivity contribution in [3.63, 3.8) is 0 Å². The van der Waals surface area contributed by atoms with Crippen molar-refractivity contribution in [3.8, 4) is 11.8 Å². The van der Waals surface area contributed by atoms with Crippen LogP contribution in [-0.4, -0.2) is 28.8 Å². The number of nitriles is 1. The molecule has 0 saturated carbocycles. The highest BCUT2D eigenvalue weighted by Gasteiger charge is 2.38. The molecule has 0 spiro atoms. The van der Waals surface area contributed by atoms with Crippen LogP contribution < -0.4 is 4.74 Å². The third kappa shape index (κ3) is 5.03. The van der Waals surface area contributed by atoms with Crippen LogP contribution in [0.1, 0.15) is 55.4 Å². The Labute approximate surface area is 172 Å². The summed E-state index contributed by atoms with van der Waals surface area (Å²) in [5.41, 5.74) is 4.72. The second-order valence-corrected chi connectivity index (χ2v) is 8.21. The molecular formula is C24H27N3O2. The molecule has 1 amide bonds. The second kappa shape index (κ2) is 8.48. The molecule has 0 N–H and O–H groups in total. The van der Waals surface area contributed by atoms with Crippen molar-refractivity contribution in [2.24, 2.45) is 5.10 Å². The van der Waals surface area contributed by atoms with Gasteiger partial charge in [0.1, 0.15) is 5.75 Å². The molecular weight excluding hydrogens is 362 g/mol. The van der Waals surface area contributed by atoms with Gasteiger partial charge in [-0.3, -0.25) is 4.79 Å². The average molecular weight is 389 g/mol. The number of hydrogen-bond donors (Lipinski definition) is 0. The van der Waals surface area contributed by atoms with Crippen molar-refractivity contribution in [1.29, 1.82) is 5.26 Å². The molecule has 29 heavy (non-hydrogen) atoms. The molecule has 0 fully saturated rings. The lowest BCUT2D eigenvalue weighted by Crippen LogP contribution is -2.40. The molecule has 0 saturated heterocycles. The number of hydrazone groups is 1. The fraction of sp³-hybridized carbons (Fsp3) is 0.375. The zero-order valence-electron chi connectivity index (χ0n) is 17.5. The number of rotatable bonds is 6. The molecule has 2 aromatic rings. The van der Waals surface area contributed by atoms with Gasteiger partial charge in [-0.1, -0.05) is 29.3 Å². The number of hydrogen-bond acceptors (Lipinski definition) is 4. The number of carbonyl (C=O) groups excluding carboxylic acids is 1. The predicted octanol–water partition coefficient (Wildman–Crippen LogP) is 4.75. The lowest BCUT2D eigenvalue weighted by atomic mass is 9.93. The molecule has 2 aromatic carbocycles. The van der Waals surface area contributed by atoms with Gasteiger partial charge in [-0.25, -0.2) is 5.01 Å². The predicted molar refractivity (Wildman–Crippen MR) is 114 cm³/mol. The van der Waals surface area contributed by atoms with Gasteiger partial charge in [0.05, 0.1) is 29.5 Å². The zero-order chi connectivity index (χ0) is 21.0. The maximum Gasteiger partial charge on any atom is 0.243 e. The first-order valence-corrected chi connectivity index (χ1v) is 9.91. The fourth-order valence-electron chi connectivity index (χ4n) is 3.62. The fourth-order valence-corrected chi connectivity index (χ4v) is 3.62. The number of amides is 1. The third-order valence-electron chi connectivity index (χ3n) is 4.97. The van der Waals surface area contributed by atoms with E-state index < -0.39 is 0 Å². The van der Waals surface area contributed by atoms with E-state index in [0.717, 1.165) is 17.7 Å². The number of aryl methyl sites for hydroxylation is 2. The molecule has 5 heteroatoms. The van der Waals surface area contributed by atoms with Crippen LogP contribution in [-0.2, 0) is 4.79 Å². The summed E-state index contributed by atoms with van der Waals surface area (Å²) in [6.45, 7) is 8.70. The minimum atomic E-state index is -0.335. The molecule has 5 nitrogen and oxygen atoms in total. The lowest BCUT2D eigenvalue weighted by molar-refractivity contribution is -0.135. The summed E-state index contributed by atoms with van der Waals surface area (Å²) in [6, 6.07) is 15.4. The Morgan fingerprint density at radius 2 is 1.83 bits per heavy atom. The standard InChI is InChI=1S/C24H27N3O2/c1-17-12-18(2)14-20(13-17)22-15-24(3,4)27(26-22)23(28)6-5-11-29-21-9-7-19(16-25)8-10-21/h7-10,12-14H,5-6,11,15H2,1-4H3. The van der Waals surface area contributed by atoms with Crippen molar-refractivity contribution in [3.05, 3.63) is 64.7 Å². The van der Waals surface area contributed by atoms with E-state index in [2.05, 4.69) is 57.1 Å². The second-order valence-electron chi connectivity index (χ2n) is 8.21. The van der Waals surface area contributed by atoms with Crippen molar-refractivity contribution in [1.82, 2.24) is 5.01 Å². The van der Waals surface area contributed by atoms with E-state index in [0.29, 0.717) is 30.8 Å². The van der Waals surface area contributed by atoms with Gasteiger partial charge < -0.3 is 4.74 Å². The first kappa shape index (κ1) is 20.6. The minimum absolute atomic E-state index is 0.0119. The molecule has 0 unspecified atom stereocenters. The van der Waals surface area contributed by atoms with Crippen LogP contribution in [0.15, 0.2) is 47.6 Å². The molecule has 3 rings (SSSR count). The number of nitrogens with zero attached hydrogens (tertiary/aromatic N) is 3. The Balaban J connectivity index is 1.58. The van der Waals surface area contributed by atoms with Crippen LogP contribution in [0, 0.1) is 25.2 Å². The molecule has 1 aliphatic heterocycles. The molecule has 150 valence electrons. The maximum absolute atomic E-state index is 12.8. The summed E-state index contributed by atoms with van der Waals surface area (Å²) in [5, 5.41) is 15.1. The molecule has 0 bridgehead atoms. The Morgan fingerprint density at radius 1 is 1.17 bits per heavy atom. The van der Waals surface area contributed by atoms with E-state index in [1.54, 1.807) is 29.3 Å². The topological polar surface area (TPSA) is 65.7 Å². The third-order valence-corrected chi connectivity index (χ3v) is 4.97. The van der Waals surface area contributed by atoms with Gasteiger partial charge in [-0.2, -0.15) is 10.4 Å². The lowest BCUT2D eigenvalue weighted by Gasteiger charge is -2.28. The van der Waals surface area contributed by atoms with Crippen LogP contribution >= 0.6 is 0 Å². The highest BCUT2D eigenvalue weighted by Crippen LogP contribution is 2.30. The van der Waals surface area contributed by atoms with Crippen LogP contribution in [0.2, 0.25) is 0 Å². The molecule has 1 aliphatic rings. The van der Waals surface area contributed by atoms with E-state index in [4.69, 9.17) is 10.00 Å². The average Bonchev–Trinajstić information content (AvgIpc) is 3.00. The van der Waals surface area contributed by atoms with E-state index in [1.165, 1.54) is 11.1 Å². The summed E-state index contributed by atoms with van der Waals surface area (Å²) in [7, 11) is 0. The summed E-state index contributed by atoms with van der Waals surface area (Å²) < 4.78 is 5.67. The molecule has 0 aliphatic carbocycles. The highest BCUT2D eigenvalue weighted by atomic mass is 16.5. The zero-order valence-corrected chi connectivity index (χ0v) is 17.5. The van der Waals surface area contributed by atoms with Gasteiger partial charge in [-0.15, -0.1) is 0 Å². The van der Waals surface area contributed by atoms with E-state index in [9.17, 15) is 4.79 Å². The Morgan fingerprint density at radius 3 is 2.45 bits per heavy atom. The summed E-state index contributed by atoms with van der Waals surface area (Å²) >= 11 is 0. The largest absolute Gasteiger partial charge is 0.494 e. The SMILES string of the molecule is Cc1cc(C)cc(C2=NN(C(=O)CCCOc3ccc(C#N)cc3)C(C)(C)C2)c1. The first-order chi connectivity index (χ1) is 13.8. The van der Waals surface area contributed by atoms with Crippen molar-refractivity contribution >= 4 is 11.6 Å². The van der Waals surface area contributed by atoms with Crippen molar-refractivity contribution in [2.45, 2.75) is 52.5 Å². The van der Waals surface area contributed by atoms with Crippen molar-refractivity contribution < 1.29 is 9.53 Å². The number of carbonyl (C=O) groups is 1. The Hall–Kier alpha value is -3.13. The smallest absolute Gasteiger partial charge is 0.243 e. The quantitative estimate of drug-likeness (QED) is 0.670. The van der Waals surface area contributed by atoms with E-state index in [-0.39, 0.29) is 11.4 Å². The van der Waals surface area contributed by atoms with E-state index in [1.807, 2.05) is 0 Å². The summed E-state index contributed by atoms with van der Waals surface area (Å²) in [6.07, 6.45) is 1.73. The normalized spacial score (nSPS) is 15.0. The Kier molecular flexibility index (Phi) is 6.03. The maximum atomic E-state index is 12.8. The molecule has 0 atom stereocenters. The van der Waals surface area contributed by atoms with Gasteiger partial charge in [-0.05, 0) is 63.9 Å². The van der Waals surface area contributed by atoms with Gasteiger partial charge >= 0.3 is 0 Å². The van der Waals surface area contributed by atoms with Gasteiger partial charge in [0.15, 0.2) is 0 Å². The molecule has 0 aromatic heterocycles. The monoisotopic (exact) mass is 389 g/mol. The van der Waals surface area contributed by atoms with Crippen LogP contribution in [0.25, 0.3) is 0 Å². The van der Waals surface area contributed by atoms with Gasteiger partial charge in [0.25, 0.3) is 0 Å².